The summed E-state index contributed by atoms with van der Waals surface area (Å²) in [6.07, 6.45) is -22.1. The lowest BCUT2D eigenvalue weighted by atomic mass is 9.96. The monoisotopic (exact) mass is 591 g/mol. The molecule has 0 bridgehead atoms. The molecular formula is C12H17NO20S3-4. The van der Waals surface area contributed by atoms with Gasteiger partial charge in [0.1, 0.15) is 42.7 Å². The van der Waals surface area contributed by atoms with Crippen molar-refractivity contribution < 1.29 is 91.8 Å². The third-order valence-corrected chi connectivity index (χ3v) is 6.09. The summed E-state index contributed by atoms with van der Waals surface area (Å²) in [6, 6.07) is -2.30. The lowest BCUT2D eigenvalue weighted by Gasteiger charge is -2.47. The van der Waals surface area contributed by atoms with Crippen molar-refractivity contribution in [3.05, 3.63) is 0 Å². The van der Waals surface area contributed by atoms with Crippen molar-refractivity contribution in [1.29, 1.82) is 0 Å². The van der Waals surface area contributed by atoms with E-state index in [1.165, 1.54) is 4.72 Å². The van der Waals surface area contributed by atoms with Crippen LogP contribution in [0, 0.1) is 0 Å². The highest BCUT2D eigenvalue weighted by atomic mass is 32.3. The summed E-state index contributed by atoms with van der Waals surface area (Å²) in [5.74, 6) is -2.22. The van der Waals surface area contributed by atoms with Crippen LogP contribution in [0.25, 0.3) is 0 Å². The van der Waals surface area contributed by atoms with E-state index in [1.54, 1.807) is 0 Å². The Morgan fingerprint density at radius 3 is 1.92 bits per heavy atom. The zero-order chi connectivity index (χ0) is 27.8. The van der Waals surface area contributed by atoms with Crippen LogP contribution in [0.4, 0.5) is 0 Å². The number of rotatable bonds is 10. The van der Waals surface area contributed by atoms with Crippen molar-refractivity contribution in [3.63, 3.8) is 0 Å². The smallest absolute Gasteiger partial charge is 0.218 e. The van der Waals surface area contributed by atoms with Gasteiger partial charge in [-0.1, -0.05) is 0 Å². The third-order valence-electron chi connectivity index (χ3n) is 4.65. The summed E-state index contributed by atoms with van der Waals surface area (Å²) in [4.78, 5) is 11.2. The molecule has 2 rings (SSSR count). The number of carbonyl (C=O) groups excluding carboxylic acids is 1. The van der Waals surface area contributed by atoms with E-state index in [-0.39, 0.29) is 0 Å². The van der Waals surface area contributed by atoms with Gasteiger partial charge in [0.05, 0.1) is 12.6 Å². The Balaban J connectivity index is 2.46. The normalized spacial score (nSPS) is 38.5. The highest BCUT2D eigenvalue weighted by molar-refractivity contribution is 7.83. The summed E-state index contributed by atoms with van der Waals surface area (Å²) in [7, 11) is -16.7. The van der Waals surface area contributed by atoms with Gasteiger partial charge >= 0.3 is 0 Å². The fourth-order valence-electron chi connectivity index (χ4n) is 3.22. The molecule has 0 aromatic heterocycles. The number of hydrogen-bond donors (Lipinski definition) is 5. The second kappa shape index (κ2) is 11.3. The van der Waals surface area contributed by atoms with Crippen LogP contribution in [0.1, 0.15) is 0 Å². The minimum absolute atomic E-state index is 1.19. The molecule has 2 fully saturated rings. The molecule has 2 aliphatic heterocycles. The molecular weight excluding hydrogens is 574 g/mol. The molecule has 2 aliphatic rings. The summed E-state index contributed by atoms with van der Waals surface area (Å²) in [5, 5.41) is 51.5. The fraction of sp³-hybridized carbons (Fsp3) is 0.917. The molecule has 21 nitrogen and oxygen atoms in total. The van der Waals surface area contributed by atoms with Crippen molar-refractivity contribution in [1.82, 2.24) is 4.72 Å². The maximum absolute atomic E-state index is 11.2. The number of ether oxygens (including phenoxy) is 3. The summed E-state index contributed by atoms with van der Waals surface area (Å²) in [6.45, 7) is -1.39. The van der Waals surface area contributed by atoms with Crippen molar-refractivity contribution >= 4 is 37.1 Å². The van der Waals surface area contributed by atoms with Crippen molar-refractivity contribution in [2.24, 2.45) is 0 Å². The molecule has 0 radical (unpaired) electrons. The molecule has 36 heavy (non-hydrogen) atoms. The van der Waals surface area contributed by atoms with E-state index in [0.717, 1.165) is 0 Å². The summed E-state index contributed by atoms with van der Waals surface area (Å²) >= 11 is 0. The number of carboxylic acid groups (broad SMARTS) is 1. The molecule has 0 amide bonds. The van der Waals surface area contributed by atoms with E-state index < -0.39 is 105 Å². The molecule has 0 aromatic carbocycles. The van der Waals surface area contributed by atoms with Gasteiger partial charge in [-0.2, -0.15) is 0 Å². The van der Waals surface area contributed by atoms with Crippen molar-refractivity contribution in [2.75, 3.05) is 6.61 Å². The first-order valence-electron chi connectivity index (χ1n) is 9.07. The van der Waals surface area contributed by atoms with Gasteiger partial charge in [0.2, 0.25) is 20.8 Å². The Morgan fingerprint density at radius 2 is 1.44 bits per heavy atom. The SMILES string of the molecule is O=C([O-])C1O[C@@H](OC2[C@H](O)C(NS(=O)(=O)[O-])C(O)O[C@@H]2COS(=O)(=O)[O-])C(OS(=O)(=O)[O-])[C@@H](O)C1O. The van der Waals surface area contributed by atoms with Crippen molar-refractivity contribution in [2.45, 2.75) is 61.3 Å². The molecule has 6 unspecified atom stereocenters. The first-order valence-corrected chi connectivity index (χ1v) is 13.1. The zero-order valence-corrected chi connectivity index (χ0v) is 19.5. The second-order valence-electron chi connectivity index (χ2n) is 7.14. The third kappa shape index (κ3) is 8.41. The topological polar surface area (TPSA) is 351 Å². The van der Waals surface area contributed by atoms with Crippen LogP contribution >= 0.6 is 0 Å². The molecule has 10 atom stereocenters. The quantitative estimate of drug-likeness (QED) is 0.116. The Bertz CT molecular complexity index is 1100. The Morgan fingerprint density at radius 1 is 0.861 bits per heavy atom. The van der Waals surface area contributed by atoms with E-state index >= 15 is 0 Å². The number of hydrogen-bond acceptors (Lipinski definition) is 20. The van der Waals surface area contributed by atoms with Crippen LogP contribution in [-0.4, -0.2) is 133 Å². The molecule has 5 N–H and O–H groups in total. The van der Waals surface area contributed by atoms with Gasteiger partial charge in [-0.3, -0.25) is 8.37 Å². The maximum atomic E-state index is 11.2. The number of aliphatic hydroxyl groups excluding tert-OH is 4. The standard InChI is InChI=1S/C12H21NO20S3/c14-4-3(13-34(20,21)22)11(19)30-2(1-29-35(23,24)25)7(4)31-12-9(33-36(26,27)28)6(16)5(15)8(32-12)10(17)18/h2-9,11-16,19H,1H2,(H,17,18)(H,20,21,22)(H,23,24,25)(H,26,27,28)/p-4/t2-,3?,4-,5?,6+,7?,8?,9?,11?,12-/m1/s1. The number of carboxylic acids is 1. The van der Waals surface area contributed by atoms with Crippen LogP contribution in [0.15, 0.2) is 0 Å². The van der Waals surface area contributed by atoms with Gasteiger partial charge in [0.25, 0.3) is 0 Å². The van der Waals surface area contributed by atoms with E-state index in [9.17, 15) is 69.2 Å². The van der Waals surface area contributed by atoms with Crippen LogP contribution in [-0.2, 0) is 58.5 Å². The minimum atomic E-state index is -5.75. The molecule has 2 saturated heterocycles. The molecule has 0 saturated carbocycles. The van der Waals surface area contributed by atoms with Crippen LogP contribution in [0.5, 0.6) is 0 Å². The molecule has 0 spiro atoms. The number of carbonyl (C=O) groups is 1. The van der Waals surface area contributed by atoms with E-state index in [4.69, 9.17) is 14.2 Å². The van der Waals surface area contributed by atoms with Crippen LogP contribution < -0.4 is 9.83 Å². The lowest BCUT2D eigenvalue weighted by molar-refractivity contribution is -0.362. The Kier molecular flexibility index (Phi) is 9.71. The first-order chi connectivity index (χ1) is 16.2. The van der Waals surface area contributed by atoms with Gasteiger partial charge in [0.15, 0.2) is 29.0 Å². The minimum Gasteiger partial charge on any atom is -0.735 e. The number of aliphatic hydroxyl groups is 4. The van der Waals surface area contributed by atoms with E-state index in [1.807, 2.05) is 0 Å². The van der Waals surface area contributed by atoms with Crippen LogP contribution in [0.3, 0.4) is 0 Å². The molecule has 2 heterocycles. The highest BCUT2D eigenvalue weighted by Gasteiger charge is 2.52. The predicted molar refractivity (Wildman–Crippen MR) is 94.3 cm³/mol. The van der Waals surface area contributed by atoms with Gasteiger partial charge in [-0.05, 0) is 0 Å². The lowest BCUT2D eigenvalue weighted by Crippen LogP contribution is -2.68. The number of aliphatic carboxylic acids is 1. The van der Waals surface area contributed by atoms with Gasteiger partial charge < -0.3 is 58.2 Å². The zero-order valence-electron chi connectivity index (χ0n) is 17.0. The summed E-state index contributed by atoms with van der Waals surface area (Å²) in [5.41, 5.74) is 0. The average molecular weight is 591 g/mol. The molecule has 212 valence electrons. The van der Waals surface area contributed by atoms with Gasteiger partial charge in [-0.15, -0.1) is 0 Å². The second-order valence-corrected chi connectivity index (χ2v) is 10.3. The van der Waals surface area contributed by atoms with E-state index in [0.29, 0.717) is 0 Å². The first kappa shape index (κ1) is 31.0. The maximum Gasteiger partial charge on any atom is 0.218 e. The molecule has 0 aliphatic carbocycles. The van der Waals surface area contributed by atoms with Crippen LogP contribution in [0.2, 0.25) is 0 Å². The largest absolute Gasteiger partial charge is 0.735 e. The predicted octanol–water partition coefficient (Wildman–Crippen LogP) is -8.61. The molecule has 24 heteroatoms. The average Bonchev–Trinajstić information content (AvgIpc) is 2.68. The number of nitrogens with one attached hydrogen (secondary N) is 1. The fourth-order valence-corrected chi connectivity index (χ4v) is 4.58. The van der Waals surface area contributed by atoms with Gasteiger partial charge in [0, 0.05) is 0 Å². The summed E-state index contributed by atoms with van der Waals surface area (Å²) < 4.78 is 122. The van der Waals surface area contributed by atoms with Crippen molar-refractivity contribution in [3.8, 4) is 0 Å². The highest BCUT2D eigenvalue weighted by Crippen LogP contribution is 2.31. The Labute approximate surface area is 201 Å². The Hall–Kier alpha value is -1.20. The molecule has 0 aromatic rings. The van der Waals surface area contributed by atoms with E-state index in [2.05, 4.69) is 8.37 Å². The van der Waals surface area contributed by atoms with Gasteiger partial charge in [-0.25, -0.2) is 30.0 Å².